The number of Topliss-reactive ketones (excluding diaryl/α,β-unsaturated/α-hetero) is 1. The maximum absolute atomic E-state index is 11.4. The second-order valence-electron chi connectivity index (χ2n) is 5.98. The summed E-state index contributed by atoms with van der Waals surface area (Å²) in [4.78, 5) is 29.6. The van der Waals surface area contributed by atoms with E-state index in [0.29, 0.717) is 11.7 Å². The lowest BCUT2D eigenvalue weighted by Crippen LogP contribution is -2.13. The molecule has 0 unspecified atom stereocenters. The Hall–Kier alpha value is -2.47. The minimum atomic E-state index is -0.705. The molecule has 3 rings (SSSR count). The van der Waals surface area contributed by atoms with E-state index in [2.05, 4.69) is 42.0 Å². The zero-order chi connectivity index (χ0) is 18.4. The number of allylic oxidation sites excluding steroid dienone is 4. The van der Waals surface area contributed by atoms with E-state index < -0.39 is 17.1 Å². The largest absolute Gasteiger partial charge is 0.501 e. The lowest BCUT2D eigenvalue weighted by Gasteiger charge is -2.08. The first kappa shape index (κ1) is 18.9. The first-order chi connectivity index (χ1) is 11.9. The molecule has 0 saturated carbocycles. The van der Waals surface area contributed by atoms with Crippen molar-refractivity contribution in [2.45, 2.75) is 33.6 Å². The molecule has 0 spiro atoms. The molecular weight excluding hydrogens is 336 g/mol. The van der Waals surface area contributed by atoms with Crippen molar-refractivity contribution in [2.24, 2.45) is 5.92 Å². The van der Waals surface area contributed by atoms with Gasteiger partial charge in [-0.3, -0.25) is 9.59 Å². The fourth-order valence-corrected chi connectivity index (χ4v) is 2.97. The monoisotopic (exact) mass is 358 g/mol. The third kappa shape index (κ3) is 5.00. The quantitative estimate of drug-likeness (QED) is 0.800. The number of carbonyl (C=O) groups is 1. The number of thiophene rings is 1. The van der Waals surface area contributed by atoms with Crippen LogP contribution in [0.4, 0.5) is 0 Å². The third-order valence-corrected chi connectivity index (χ3v) is 4.55. The number of rotatable bonds is 3. The molecular formula is C19H22N2O3S. The highest BCUT2D eigenvalue weighted by Gasteiger charge is 2.15. The molecule has 2 heterocycles. The molecule has 2 aromatic heterocycles. The van der Waals surface area contributed by atoms with Gasteiger partial charge in [0.05, 0.1) is 4.88 Å². The van der Waals surface area contributed by atoms with Crippen molar-refractivity contribution >= 4 is 17.1 Å². The normalized spacial score (nSPS) is 13.2. The van der Waals surface area contributed by atoms with Gasteiger partial charge >= 0.3 is 0 Å². The summed E-state index contributed by atoms with van der Waals surface area (Å²) >= 11 is 1.39. The molecule has 0 fully saturated rings. The number of hydrogen-bond acceptors (Lipinski definition) is 5. The Morgan fingerprint density at radius 2 is 2.12 bits per heavy atom. The van der Waals surface area contributed by atoms with E-state index in [0.717, 1.165) is 4.88 Å². The molecule has 0 amide bonds. The summed E-state index contributed by atoms with van der Waals surface area (Å²) in [5, 5.41) is 11.2. The van der Waals surface area contributed by atoms with Crippen LogP contribution in [0, 0.1) is 5.92 Å². The first-order valence-electron chi connectivity index (χ1n) is 8.14. The summed E-state index contributed by atoms with van der Waals surface area (Å²) in [6.45, 7) is 5.72. The van der Waals surface area contributed by atoms with Crippen molar-refractivity contribution < 1.29 is 9.90 Å². The number of hydrogen-bond donors (Lipinski definition) is 2. The van der Waals surface area contributed by atoms with Crippen LogP contribution in [0.3, 0.4) is 0 Å². The number of aromatic amines is 1. The molecule has 2 N–H and O–H groups in total. The number of aromatic nitrogens is 2. The van der Waals surface area contributed by atoms with Crippen molar-refractivity contribution in [3.63, 3.8) is 0 Å². The molecule has 1 aliphatic rings. The topological polar surface area (TPSA) is 83.0 Å². The van der Waals surface area contributed by atoms with E-state index in [4.69, 9.17) is 0 Å². The molecule has 132 valence electrons. The Labute approximate surface area is 150 Å². The van der Waals surface area contributed by atoms with Crippen LogP contribution in [-0.4, -0.2) is 20.9 Å². The molecule has 0 aliphatic heterocycles. The first-order valence-corrected chi connectivity index (χ1v) is 9.02. The van der Waals surface area contributed by atoms with E-state index in [9.17, 15) is 14.7 Å². The average molecular weight is 358 g/mol. The zero-order valence-electron chi connectivity index (χ0n) is 14.6. The van der Waals surface area contributed by atoms with Gasteiger partial charge < -0.3 is 10.1 Å². The van der Waals surface area contributed by atoms with Crippen LogP contribution in [0.1, 0.15) is 44.1 Å². The molecule has 2 aromatic rings. The van der Waals surface area contributed by atoms with Crippen LogP contribution in [0.15, 0.2) is 46.1 Å². The number of nitrogens with one attached hydrogen (secondary N) is 1. The lowest BCUT2D eigenvalue weighted by molar-refractivity contribution is 0.101. The summed E-state index contributed by atoms with van der Waals surface area (Å²) in [6.07, 6.45) is 9.31. The van der Waals surface area contributed by atoms with Crippen LogP contribution in [-0.2, 0) is 0 Å². The highest BCUT2D eigenvalue weighted by atomic mass is 32.1. The molecule has 1 aliphatic carbocycles. The van der Waals surface area contributed by atoms with Gasteiger partial charge in [0.25, 0.3) is 5.56 Å². The van der Waals surface area contributed by atoms with Crippen molar-refractivity contribution in [2.75, 3.05) is 0 Å². The molecule has 6 heteroatoms. The number of carbonyl (C=O) groups excluding carboxylic acids is 1. The second-order valence-corrected chi connectivity index (χ2v) is 6.93. The standard InChI is InChI=1S/C10H8N2O3S.C9H14/c1-5(13)7-8(14)10(15)12-9(11-7)6-3-2-4-16-6;1-8(2)9-6-4-3-5-7-9/h2-4,14H,1H3,(H,11,12,15);4,6-8H,3,5H2,1-2H3. The number of H-pyrrole nitrogens is 1. The minimum Gasteiger partial charge on any atom is -0.501 e. The summed E-state index contributed by atoms with van der Waals surface area (Å²) in [5.74, 6) is -0.0706. The molecule has 0 aromatic carbocycles. The van der Waals surface area contributed by atoms with Gasteiger partial charge in [0.1, 0.15) is 0 Å². The van der Waals surface area contributed by atoms with Gasteiger partial charge in [0.15, 0.2) is 17.3 Å². The Morgan fingerprint density at radius 1 is 1.36 bits per heavy atom. The van der Waals surface area contributed by atoms with Gasteiger partial charge in [-0.2, -0.15) is 0 Å². The highest BCUT2D eigenvalue weighted by Crippen LogP contribution is 2.21. The maximum Gasteiger partial charge on any atom is 0.294 e. The van der Waals surface area contributed by atoms with Gasteiger partial charge in [0.2, 0.25) is 5.75 Å². The molecule has 0 atom stereocenters. The molecule has 0 bridgehead atoms. The van der Waals surface area contributed by atoms with E-state index in [1.165, 1.54) is 36.7 Å². The highest BCUT2D eigenvalue weighted by molar-refractivity contribution is 7.13. The van der Waals surface area contributed by atoms with Crippen LogP contribution in [0.5, 0.6) is 5.75 Å². The van der Waals surface area contributed by atoms with Crippen LogP contribution in [0.25, 0.3) is 10.7 Å². The van der Waals surface area contributed by atoms with Crippen LogP contribution in [0.2, 0.25) is 0 Å². The number of aromatic hydroxyl groups is 1. The summed E-state index contributed by atoms with van der Waals surface area (Å²) in [5.41, 5.74) is 0.594. The Balaban J connectivity index is 0.000000212. The second kappa shape index (κ2) is 8.58. The number of ketones is 1. The Morgan fingerprint density at radius 3 is 2.60 bits per heavy atom. The predicted octanol–water partition coefficient (Wildman–Crippen LogP) is 4.33. The minimum absolute atomic E-state index is 0.202. The maximum atomic E-state index is 11.4. The van der Waals surface area contributed by atoms with Gasteiger partial charge in [-0.25, -0.2) is 4.98 Å². The predicted molar refractivity (Wildman–Crippen MR) is 101 cm³/mol. The molecule has 0 saturated heterocycles. The Kier molecular flexibility index (Phi) is 6.47. The van der Waals surface area contributed by atoms with Crippen LogP contribution >= 0.6 is 11.3 Å². The van der Waals surface area contributed by atoms with E-state index in [1.54, 1.807) is 12.1 Å². The van der Waals surface area contributed by atoms with E-state index in [1.807, 2.05) is 5.38 Å². The van der Waals surface area contributed by atoms with Crippen molar-refractivity contribution in [1.29, 1.82) is 0 Å². The zero-order valence-corrected chi connectivity index (χ0v) is 15.4. The van der Waals surface area contributed by atoms with Gasteiger partial charge in [-0.15, -0.1) is 11.3 Å². The summed E-state index contributed by atoms with van der Waals surface area (Å²) < 4.78 is 0. The van der Waals surface area contributed by atoms with Crippen LogP contribution < -0.4 is 5.56 Å². The van der Waals surface area contributed by atoms with E-state index in [-0.39, 0.29) is 5.69 Å². The summed E-state index contributed by atoms with van der Waals surface area (Å²) in [7, 11) is 0. The lowest BCUT2D eigenvalue weighted by atomic mass is 9.97. The molecule has 25 heavy (non-hydrogen) atoms. The van der Waals surface area contributed by atoms with Gasteiger partial charge in [-0.1, -0.05) is 38.1 Å². The smallest absolute Gasteiger partial charge is 0.294 e. The van der Waals surface area contributed by atoms with Gasteiger partial charge in [-0.05, 0) is 35.8 Å². The van der Waals surface area contributed by atoms with Crippen molar-refractivity contribution in [1.82, 2.24) is 9.97 Å². The SMILES string of the molecule is CC(=O)c1nc(-c2cccs2)[nH]c(=O)c1O.CC(C)C1=CCCC=C1. The summed E-state index contributed by atoms with van der Waals surface area (Å²) in [6, 6.07) is 3.57. The molecule has 5 nitrogen and oxygen atoms in total. The van der Waals surface area contributed by atoms with Crippen molar-refractivity contribution in [3.8, 4) is 16.5 Å². The third-order valence-electron chi connectivity index (χ3n) is 3.67. The number of nitrogens with zero attached hydrogens (tertiary/aromatic N) is 1. The Bertz CT molecular complexity index is 846. The van der Waals surface area contributed by atoms with E-state index >= 15 is 0 Å². The fourth-order valence-electron chi connectivity index (χ4n) is 2.30. The van der Waals surface area contributed by atoms with Gasteiger partial charge in [0, 0.05) is 6.92 Å². The molecule has 0 radical (unpaired) electrons. The fraction of sp³-hybridized carbons (Fsp3) is 0.316. The van der Waals surface area contributed by atoms with Crippen molar-refractivity contribution in [3.05, 3.63) is 57.4 Å². The average Bonchev–Trinajstić information content (AvgIpc) is 3.13.